The summed E-state index contributed by atoms with van der Waals surface area (Å²) in [6.07, 6.45) is -3.80. The minimum Gasteiger partial charge on any atom is -0.330 e. The highest BCUT2D eigenvalue weighted by molar-refractivity contribution is 5.30. The van der Waals surface area contributed by atoms with E-state index in [1.807, 2.05) is 31.2 Å². The van der Waals surface area contributed by atoms with Crippen LogP contribution in [0.5, 0.6) is 0 Å². The molecule has 0 fully saturated rings. The van der Waals surface area contributed by atoms with Crippen LogP contribution in [0.25, 0.3) is 0 Å². The maximum atomic E-state index is 12.7. The number of hydrogen-bond donors (Lipinski definition) is 1. The second kappa shape index (κ2) is 6.31. The van der Waals surface area contributed by atoms with E-state index < -0.39 is 11.7 Å². The molecule has 2 rings (SSSR count). The molecule has 1 atom stereocenters. The van der Waals surface area contributed by atoms with Crippen LogP contribution in [0.3, 0.4) is 0 Å². The Hall–Kier alpha value is -1.81. The molecule has 0 saturated carbocycles. The highest BCUT2D eigenvalue weighted by atomic mass is 19.4. The molecule has 112 valence electrons. The van der Waals surface area contributed by atoms with Crippen LogP contribution in [0.2, 0.25) is 0 Å². The zero-order valence-electron chi connectivity index (χ0n) is 11.8. The van der Waals surface area contributed by atoms with Gasteiger partial charge in [-0.15, -0.1) is 0 Å². The normalized spacial score (nSPS) is 13.2. The summed E-state index contributed by atoms with van der Waals surface area (Å²) in [5.74, 6) is 0.0223. The minimum atomic E-state index is -4.31. The monoisotopic (exact) mass is 293 g/mol. The van der Waals surface area contributed by atoms with Gasteiger partial charge in [0, 0.05) is 5.92 Å². The molecule has 1 nitrogen and oxygen atoms in total. The van der Waals surface area contributed by atoms with Gasteiger partial charge in [-0.05, 0) is 37.1 Å². The molecule has 0 spiro atoms. The molecule has 0 amide bonds. The van der Waals surface area contributed by atoms with E-state index in [1.165, 1.54) is 12.1 Å². The van der Waals surface area contributed by atoms with Gasteiger partial charge in [-0.1, -0.05) is 48.0 Å². The minimum absolute atomic E-state index is 0.0223. The lowest BCUT2D eigenvalue weighted by molar-refractivity contribution is -0.137. The Morgan fingerprint density at radius 3 is 2.29 bits per heavy atom. The molecule has 0 bridgehead atoms. The molecule has 2 aromatic rings. The second-order valence-electron chi connectivity index (χ2n) is 5.25. The second-order valence-corrected chi connectivity index (χ2v) is 5.25. The van der Waals surface area contributed by atoms with E-state index in [1.54, 1.807) is 6.07 Å². The third-order valence-electron chi connectivity index (χ3n) is 3.57. The quantitative estimate of drug-likeness (QED) is 0.893. The molecule has 0 radical (unpaired) electrons. The maximum absolute atomic E-state index is 12.7. The predicted octanol–water partition coefficient (Wildman–Crippen LogP) is 4.30. The standard InChI is InChI=1S/C17H18F3N/c1-12-5-7-14(8-6-12)15(11-21)9-13-3-2-4-16(10-13)17(18,19)20/h2-8,10,15H,9,11,21H2,1H3. The molecule has 0 saturated heterocycles. The molecule has 0 aliphatic rings. The number of nitrogens with two attached hydrogens (primary N) is 1. The van der Waals surface area contributed by atoms with Crippen molar-refractivity contribution in [1.82, 2.24) is 0 Å². The van der Waals surface area contributed by atoms with Crippen molar-refractivity contribution in [3.8, 4) is 0 Å². The van der Waals surface area contributed by atoms with Gasteiger partial charge in [0.1, 0.15) is 0 Å². The summed E-state index contributed by atoms with van der Waals surface area (Å²) in [6, 6.07) is 13.4. The lowest BCUT2D eigenvalue weighted by Crippen LogP contribution is -2.15. The van der Waals surface area contributed by atoms with Gasteiger partial charge in [-0.25, -0.2) is 0 Å². The van der Waals surface area contributed by atoms with E-state index in [4.69, 9.17) is 5.73 Å². The average Bonchev–Trinajstić information content (AvgIpc) is 2.45. The zero-order valence-corrected chi connectivity index (χ0v) is 11.8. The Morgan fingerprint density at radius 2 is 1.71 bits per heavy atom. The third kappa shape index (κ3) is 4.08. The van der Waals surface area contributed by atoms with Gasteiger partial charge in [0.15, 0.2) is 0 Å². The molecular formula is C17H18F3N. The summed E-state index contributed by atoms with van der Waals surface area (Å²) >= 11 is 0. The smallest absolute Gasteiger partial charge is 0.330 e. The summed E-state index contributed by atoms with van der Waals surface area (Å²) in [5.41, 5.74) is 8.04. The van der Waals surface area contributed by atoms with Crippen LogP contribution in [0, 0.1) is 6.92 Å². The number of hydrogen-bond acceptors (Lipinski definition) is 1. The summed E-state index contributed by atoms with van der Waals surface area (Å²) in [4.78, 5) is 0. The summed E-state index contributed by atoms with van der Waals surface area (Å²) in [7, 11) is 0. The molecule has 2 N–H and O–H groups in total. The van der Waals surface area contributed by atoms with Gasteiger partial charge in [0.25, 0.3) is 0 Å². The Labute approximate surface area is 122 Å². The van der Waals surface area contributed by atoms with Crippen molar-refractivity contribution < 1.29 is 13.2 Å². The lowest BCUT2D eigenvalue weighted by atomic mass is 9.91. The highest BCUT2D eigenvalue weighted by Gasteiger charge is 2.30. The van der Waals surface area contributed by atoms with Crippen molar-refractivity contribution in [2.75, 3.05) is 6.54 Å². The first-order chi connectivity index (χ1) is 9.90. The SMILES string of the molecule is Cc1ccc(C(CN)Cc2cccc(C(F)(F)F)c2)cc1. The first kappa shape index (κ1) is 15.6. The van der Waals surface area contributed by atoms with Crippen molar-refractivity contribution in [2.45, 2.75) is 25.4 Å². The van der Waals surface area contributed by atoms with Gasteiger partial charge in [0.05, 0.1) is 5.56 Å². The van der Waals surface area contributed by atoms with Crippen molar-refractivity contribution in [2.24, 2.45) is 5.73 Å². The molecular weight excluding hydrogens is 275 g/mol. The van der Waals surface area contributed by atoms with E-state index in [2.05, 4.69) is 0 Å². The number of rotatable bonds is 4. The number of benzene rings is 2. The first-order valence-corrected chi connectivity index (χ1v) is 6.83. The van der Waals surface area contributed by atoms with Crippen LogP contribution in [0.4, 0.5) is 13.2 Å². The molecule has 0 aromatic heterocycles. The summed E-state index contributed by atoms with van der Waals surface area (Å²) in [6.45, 7) is 2.40. The molecule has 1 unspecified atom stereocenters. The molecule has 0 aliphatic carbocycles. The Morgan fingerprint density at radius 1 is 1.05 bits per heavy atom. The zero-order chi connectivity index (χ0) is 15.5. The third-order valence-corrected chi connectivity index (χ3v) is 3.57. The highest BCUT2D eigenvalue weighted by Crippen LogP contribution is 2.30. The first-order valence-electron chi connectivity index (χ1n) is 6.83. The fourth-order valence-corrected chi connectivity index (χ4v) is 2.34. The van der Waals surface area contributed by atoms with Gasteiger partial charge in [0.2, 0.25) is 0 Å². The van der Waals surface area contributed by atoms with Crippen LogP contribution in [0.15, 0.2) is 48.5 Å². The fourth-order valence-electron chi connectivity index (χ4n) is 2.34. The summed E-state index contributed by atoms with van der Waals surface area (Å²) < 4.78 is 38.2. The predicted molar refractivity (Wildman–Crippen MR) is 78.1 cm³/mol. The molecule has 21 heavy (non-hydrogen) atoms. The Balaban J connectivity index is 2.21. The van der Waals surface area contributed by atoms with Crippen LogP contribution in [-0.4, -0.2) is 6.54 Å². The van der Waals surface area contributed by atoms with E-state index >= 15 is 0 Å². The van der Waals surface area contributed by atoms with E-state index in [9.17, 15) is 13.2 Å². The number of alkyl halides is 3. The maximum Gasteiger partial charge on any atom is 0.416 e. The van der Waals surface area contributed by atoms with Gasteiger partial charge in [-0.2, -0.15) is 13.2 Å². The number of aryl methyl sites for hydroxylation is 1. The van der Waals surface area contributed by atoms with Gasteiger partial charge < -0.3 is 5.73 Å². The molecule has 2 aromatic carbocycles. The molecule has 0 aliphatic heterocycles. The topological polar surface area (TPSA) is 26.0 Å². The fraction of sp³-hybridized carbons (Fsp3) is 0.294. The number of halogens is 3. The Bertz CT molecular complexity index is 588. The van der Waals surface area contributed by atoms with Gasteiger partial charge >= 0.3 is 6.18 Å². The lowest BCUT2D eigenvalue weighted by Gasteiger charge is -2.16. The van der Waals surface area contributed by atoms with E-state index in [-0.39, 0.29) is 5.92 Å². The van der Waals surface area contributed by atoms with Crippen LogP contribution < -0.4 is 5.73 Å². The van der Waals surface area contributed by atoms with Crippen molar-refractivity contribution in [3.05, 3.63) is 70.8 Å². The van der Waals surface area contributed by atoms with E-state index in [0.717, 1.165) is 17.2 Å². The average molecular weight is 293 g/mol. The van der Waals surface area contributed by atoms with Crippen molar-refractivity contribution >= 4 is 0 Å². The van der Waals surface area contributed by atoms with Crippen molar-refractivity contribution in [1.29, 1.82) is 0 Å². The molecule has 4 heteroatoms. The van der Waals surface area contributed by atoms with Gasteiger partial charge in [-0.3, -0.25) is 0 Å². The summed E-state index contributed by atoms with van der Waals surface area (Å²) in [5, 5.41) is 0. The Kier molecular flexibility index (Phi) is 4.68. The van der Waals surface area contributed by atoms with Crippen LogP contribution in [-0.2, 0) is 12.6 Å². The van der Waals surface area contributed by atoms with Crippen molar-refractivity contribution in [3.63, 3.8) is 0 Å². The van der Waals surface area contributed by atoms with Crippen LogP contribution >= 0.6 is 0 Å². The molecule has 0 heterocycles. The van der Waals surface area contributed by atoms with Crippen LogP contribution in [0.1, 0.15) is 28.2 Å². The largest absolute Gasteiger partial charge is 0.416 e. The van der Waals surface area contributed by atoms with E-state index in [0.29, 0.717) is 18.5 Å².